The Bertz CT molecular complexity index is 348. The Morgan fingerprint density at radius 2 is 1.95 bits per heavy atom. The normalized spacial score (nSPS) is 30.4. The SMILES string of the molecule is CC(O)CN1CCN(CC(=O)N2CCCCC2C)CC1C. The van der Waals surface area contributed by atoms with E-state index in [1.165, 1.54) is 6.42 Å². The topological polar surface area (TPSA) is 47.0 Å². The van der Waals surface area contributed by atoms with E-state index in [4.69, 9.17) is 0 Å². The highest BCUT2D eigenvalue weighted by molar-refractivity contribution is 5.78. The Labute approximate surface area is 128 Å². The molecular formula is C16H31N3O2. The molecule has 1 N–H and O–H groups in total. The molecular weight excluding hydrogens is 266 g/mol. The fraction of sp³-hybridized carbons (Fsp3) is 0.938. The average molecular weight is 297 g/mol. The summed E-state index contributed by atoms with van der Waals surface area (Å²) in [6.07, 6.45) is 3.26. The van der Waals surface area contributed by atoms with E-state index < -0.39 is 0 Å². The van der Waals surface area contributed by atoms with Crippen molar-refractivity contribution in [2.45, 2.75) is 58.2 Å². The van der Waals surface area contributed by atoms with Crippen LogP contribution in [-0.4, -0.2) is 83.2 Å². The second-order valence-electron chi connectivity index (χ2n) is 6.86. The summed E-state index contributed by atoms with van der Waals surface area (Å²) in [5.74, 6) is 0.290. The monoisotopic (exact) mass is 297 g/mol. The lowest BCUT2D eigenvalue weighted by Gasteiger charge is -2.41. The Morgan fingerprint density at radius 3 is 2.57 bits per heavy atom. The van der Waals surface area contributed by atoms with Crippen LogP contribution in [-0.2, 0) is 4.79 Å². The number of amides is 1. The van der Waals surface area contributed by atoms with Crippen LogP contribution in [0.2, 0.25) is 0 Å². The summed E-state index contributed by atoms with van der Waals surface area (Å²) in [7, 11) is 0. The molecule has 2 rings (SSSR count). The number of aliphatic hydroxyl groups is 1. The maximum atomic E-state index is 12.5. The van der Waals surface area contributed by atoms with Gasteiger partial charge in [-0.1, -0.05) is 0 Å². The van der Waals surface area contributed by atoms with Crippen molar-refractivity contribution < 1.29 is 9.90 Å². The highest BCUT2D eigenvalue weighted by Crippen LogP contribution is 2.17. The quantitative estimate of drug-likeness (QED) is 0.833. The lowest BCUT2D eigenvalue weighted by atomic mass is 10.0. The van der Waals surface area contributed by atoms with Crippen LogP contribution in [0, 0.1) is 0 Å². The minimum absolute atomic E-state index is 0.283. The second-order valence-corrected chi connectivity index (χ2v) is 6.86. The van der Waals surface area contributed by atoms with Crippen molar-refractivity contribution in [1.82, 2.24) is 14.7 Å². The number of carbonyl (C=O) groups is 1. The van der Waals surface area contributed by atoms with Crippen LogP contribution in [0.5, 0.6) is 0 Å². The van der Waals surface area contributed by atoms with Crippen LogP contribution >= 0.6 is 0 Å². The minimum atomic E-state index is -0.283. The molecule has 1 amide bonds. The van der Waals surface area contributed by atoms with Crippen LogP contribution in [0.25, 0.3) is 0 Å². The number of nitrogens with zero attached hydrogens (tertiary/aromatic N) is 3. The fourth-order valence-corrected chi connectivity index (χ4v) is 3.58. The van der Waals surface area contributed by atoms with E-state index in [1.807, 2.05) is 6.92 Å². The molecule has 0 aromatic carbocycles. The number of hydrogen-bond donors (Lipinski definition) is 1. The van der Waals surface area contributed by atoms with Gasteiger partial charge >= 0.3 is 0 Å². The van der Waals surface area contributed by atoms with Gasteiger partial charge in [-0.25, -0.2) is 0 Å². The number of carbonyl (C=O) groups excluding carboxylic acids is 1. The van der Waals surface area contributed by atoms with Gasteiger partial charge in [-0.3, -0.25) is 14.6 Å². The second kappa shape index (κ2) is 7.56. The van der Waals surface area contributed by atoms with E-state index in [9.17, 15) is 9.90 Å². The van der Waals surface area contributed by atoms with Gasteiger partial charge < -0.3 is 10.0 Å². The molecule has 21 heavy (non-hydrogen) atoms. The molecule has 5 heteroatoms. The first-order valence-corrected chi connectivity index (χ1v) is 8.41. The third-order valence-corrected chi connectivity index (χ3v) is 4.83. The molecule has 2 aliphatic heterocycles. The van der Waals surface area contributed by atoms with E-state index in [2.05, 4.69) is 28.5 Å². The van der Waals surface area contributed by atoms with Gasteiger partial charge in [0.1, 0.15) is 0 Å². The number of aliphatic hydroxyl groups excluding tert-OH is 1. The fourth-order valence-electron chi connectivity index (χ4n) is 3.58. The predicted octanol–water partition coefficient (Wildman–Crippen LogP) is 0.774. The molecule has 3 unspecified atom stereocenters. The molecule has 0 aliphatic carbocycles. The molecule has 0 aromatic rings. The summed E-state index contributed by atoms with van der Waals surface area (Å²) >= 11 is 0. The summed E-state index contributed by atoms with van der Waals surface area (Å²) in [5, 5.41) is 9.52. The molecule has 0 bridgehead atoms. The van der Waals surface area contributed by atoms with Crippen LogP contribution < -0.4 is 0 Å². The molecule has 0 spiro atoms. The van der Waals surface area contributed by atoms with Crippen LogP contribution in [0.1, 0.15) is 40.0 Å². The Balaban J connectivity index is 1.80. The lowest BCUT2D eigenvalue weighted by Crippen LogP contribution is -2.56. The standard InChI is InChI=1S/C16H31N3O2/c1-13-6-4-5-7-19(13)16(21)12-17-8-9-18(11-15(3)20)14(2)10-17/h13-15,20H,4-12H2,1-3H3. The molecule has 2 saturated heterocycles. The maximum Gasteiger partial charge on any atom is 0.236 e. The van der Waals surface area contributed by atoms with Crippen LogP contribution in [0.15, 0.2) is 0 Å². The zero-order chi connectivity index (χ0) is 15.4. The van der Waals surface area contributed by atoms with Gasteiger partial charge in [-0.15, -0.1) is 0 Å². The Morgan fingerprint density at radius 1 is 1.19 bits per heavy atom. The average Bonchev–Trinajstić information content (AvgIpc) is 2.42. The minimum Gasteiger partial charge on any atom is -0.392 e. The van der Waals surface area contributed by atoms with E-state index >= 15 is 0 Å². The largest absolute Gasteiger partial charge is 0.392 e. The number of piperidine rings is 1. The van der Waals surface area contributed by atoms with Crippen molar-refractivity contribution >= 4 is 5.91 Å². The van der Waals surface area contributed by atoms with Gasteiger partial charge in [0.2, 0.25) is 5.91 Å². The van der Waals surface area contributed by atoms with E-state index in [0.717, 1.165) is 45.6 Å². The number of likely N-dealkylation sites (tertiary alicyclic amines) is 1. The molecule has 3 atom stereocenters. The van der Waals surface area contributed by atoms with Gasteiger partial charge in [-0.05, 0) is 40.0 Å². The van der Waals surface area contributed by atoms with Crippen LogP contribution in [0.3, 0.4) is 0 Å². The van der Waals surface area contributed by atoms with Gasteiger partial charge in [0.05, 0.1) is 12.6 Å². The number of hydrogen-bond acceptors (Lipinski definition) is 4. The Kier molecular flexibility index (Phi) is 6.02. The lowest BCUT2D eigenvalue weighted by molar-refractivity contribution is -0.136. The van der Waals surface area contributed by atoms with Crippen molar-refractivity contribution in [3.8, 4) is 0 Å². The first-order valence-electron chi connectivity index (χ1n) is 8.41. The zero-order valence-corrected chi connectivity index (χ0v) is 13.8. The molecule has 0 radical (unpaired) electrons. The first-order chi connectivity index (χ1) is 9.97. The molecule has 0 saturated carbocycles. The summed E-state index contributed by atoms with van der Waals surface area (Å²) in [4.78, 5) is 19.1. The smallest absolute Gasteiger partial charge is 0.236 e. The zero-order valence-electron chi connectivity index (χ0n) is 13.8. The van der Waals surface area contributed by atoms with Crippen molar-refractivity contribution in [2.24, 2.45) is 0 Å². The maximum absolute atomic E-state index is 12.5. The Hall–Kier alpha value is -0.650. The highest BCUT2D eigenvalue weighted by Gasteiger charge is 2.28. The first kappa shape index (κ1) is 16.7. The molecule has 2 fully saturated rings. The number of piperazine rings is 1. The van der Waals surface area contributed by atoms with E-state index in [-0.39, 0.29) is 6.10 Å². The molecule has 0 aromatic heterocycles. The van der Waals surface area contributed by atoms with Crippen molar-refractivity contribution in [1.29, 1.82) is 0 Å². The molecule has 5 nitrogen and oxygen atoms in total. The summed E-state index contributed by atoms with van der Waals surface area (Å²) < 4.78 is 0. The van der Waals surface area contributed by atoms with Crippen molar-refractivity contribution in [3.63, 3.8) is 0 Å². The molecule has 122 valence electrons. The number of β-amino-alcohol motifs (C(OH)–C–C–N with tert-alkyl or cyclic N) is 1. The highest BCUT2D eigenvalue weighted by atomic mass is 16.3. The summed E-state index contributed by atoms with van der Waals surface area (Å²) in [6, 6.07) is 0.806. The third-order valence-electron chi connectivity index (χ3n) is 4.83. The molecule has 2 aliphatic rings. The number of rotatable bonds is 4. The van der Waals surface area contributed by atoms with Crippen molar-refractivity contribution in [2.75, 3.05) is 39.3 Å². The van der Waals surface area contributed by atoms with Gasteiger partial charge in [0, 0.05) is 44.8 Å². The molecule has 2 heterocycles. The van der Waals surface area contributed by atoms with Crippen molar-refractivity contribution in [3.05, 3.63) is 0 Å². The summed E-state index contributed by atoms with van der Waals surface area (Å²) in [6.45, 7) is 11.2. The van der Waals surface area contributed by atoms with E-state index in [1.54, 1.807) is 0 Å². The predicted molar refractivity (Wildman–Crippen MR) is 84.2 cm³/mol. The van der Waals surface area contributed by atoms with E-state index in [0.29, 0.717) is 24.5 Å². The van der Waals surface area contributed by atoms with Crippen LogP contribution in [0.4, 0.5) is 0 Å². The van der Waals surface area contributed by atoms with Gasteiger partial charge in [-0.2, -0.15) is 0 Å². The third kappa shape index (κ3) is 4.66. The van der Waals surface area contributed by atoms with Gasteiger partial charge in [0.15, 0.2) is 0 Å². The van der Waals surface area contributed by atoms with Gasteiger partial charge in [0.25, 0.3) is 0 Å². The summed E-state index contributed by atoms with van der Waals surface area (Å²) in [5.41, 5.74) is 0.